The van der Waals surface area contributed by atoms with E-state index >= 15 is 0 Å². The van der Waals surface area contributed by atoms with Crippen LogP contribution in [0.2, 0.25) is 0 Å². The van der Waals surface area contributed by atoms with Crippen LogP contribution in [-0.2, 0) is 11.8 Å². The Morgan fingerprint density at radius 3 is 2.55 bits per heavy atom. The molecule has 0 atom stereocenters. The molecule has 1 saturated heterocycles. The second kappa shape index (κ2) is 6.87. The van der Waals surface area contributed by atoms with Gasteiger partial charge in [0, 0.05) is 50.0 Å². The molecule has 3 rings (SSSR count). The number of amides is 1. The Morgan fingerprint density at radius 1 is 1.18 bits per heavy atom. The number of anilines is 1. The van der Waals surface area contributed by atoms with Gasteiger partial charge in [-0.1, -0.05) is 18.2 Å². The normalized spacial score (nSPS) is 15.1. The van der Waals surface area contributed by atoms with Crippen LogP contribution in [0, 0.1) is 0 Å². The van der Waals surface area contributed by atoms with Gasteiger partial charge in [0.05, 0.1) is 11.9 Å². The van der Waals surface area contributed by atoms with Crippen molar-refractivity contribution in [2.45, 2.75) is 4.90 Å². The first-order valence-electron chi connectivity index (χ1n) is 7.41. The van der Waals surface area contributed by atoms with Gasteiger partial charge in [-0.15, -0.1) is 11.8 Å². The van der Waals surface area contributed by atoms with Crippen LogP contribution in [0.5, 0.6) is 0 Å². The Balaban J connectivity index is 1.47. The summed E-state index contributed by atoms with van der Waals surface area (Å²) in [6.07, 6.45) is 3.73. The van der Waals surface area contributed by atoms with Crippen molar-refractivity contribution < 1.29 is 4.79 Å². The molecular formula is C16H20N4OS. The standard InChI is InChI=1S/C16H20N4OS/c1-18-12-15(11-17-18)22-13-16(21)20-9-7-19(8-10-20)14-5-3-2-4-6-14/h2-6,11-12H,7-10,13H2,1H3. The summed E-state index contributed by atoms with van der Waals surface area (Å²) < 4.78 is 1.76. The first-order chi connectivity index (χ1) is 10.7. The predicted octanol–water partition coefficient (Wildman–Crippen LogP) is 1.86. The summed E-state index contributed by atoms with van der Waals surface area (Å²) in [5.74, 6) is 0.693. The molecule has 0 unspecified atom stereocenters. The molecule has 22 heavy (non-hydrogen) atoms. The highest BCUT2D eigenvalue weighted by Crippen LogP contribution is 2.19. The van der Waals surface area contributed by atoms with E-state index in [1.807, 2.05) is 24.2 Å². The minimum Gasteiger partial charge on any atom is -0.368 e. The van der Waals surface area contributed by atoms with Gasteiger partial charge in [-0.05, 0) is 12.1 Å². The molecule has 1 aromatic carbocycles. The molecule has 0 saturated carbocycles. The first kappa shape index (κ1) is 15.0. The van der Waals surface area contributed by atoms with Crippen molar-refractivity contribution in [2.75, 3.05) is 36.8 Å². The van der Waals surface area contributed by atoms with Crippen LogP contribution < -0.4 is 4.90 Å². The summed E-state index contributed by atoms with van der Waals surface area (Å²) >= 11 is 1.55. The zero-order valence-corrected chi connectivity index (χ0v) is 13.5. The molecule has 0 aliphatic carbocycles. The maximum Gasteiger partial charge on any atom is 0.233 e. The fraction of sp³-hybridized carbons (Fsp3) is 0.375. The van der Waals surface area contributed by atoms with Gasteiger partial charge in [0.2, 0.25) is 5.91 Å². The fourth-order valence-electron chi connectivity index (χ4n) is 2.56. The third kappa shape index (κ3) is 3.62. The number of carbonyl (C=O) groups excluding carboxylic acids is 1. The van der Waals surface area contributed by atoms with Gasteiger partial charge in [0.1, 0.15) is 0 Å². The van der Waals surface area contributed by atoms with Crippen LogP contribution in [0.15, 0.2) is 47.6 Å². The molecule has 2 aromatic rings. The third-order valence-electron chi connectivity index (χ3n) is 3.80. The zero-order valence-electron chi connectivity index (χ0n) is 12.7. The van der Waals surface area contributed by atoms with E-state index in [1.54, 1.807) is 22.6 Å². The van der Waals surface area contributed by atoms with E-state index < -0.39 is 0 Å². The van der Waals surface area contributed by atoms with Gasteiger partial charge >= 0.3 is 0 Å². The van der Waals surface area contributed by atoms with Gasteiger partial charge in [0.15, 0.2) is 0 Å². The minimum atomic E-state index is 0.210. The molecule has 0 N–H and O–H groups in total. The number of thioether (sulfide) groups is 1. The van der Waals surface area contributed by atoms with Crippen molar-refractivity contribution in [3.8, 4) is 0 Å². The van der Waals surface area contributed by atoms with Crippen LogP contribution in [-0.4, -0.2) is 52.5 Å². The third-order valence-corrected chi connectivity index (χ3v) is 4.73. The topological polar surface area (TPSA) is 41.4 Å². The first-order valence-corrected chi connectivity index (χ1v) is 8.40. The molecule has 0 spiro atoms. The van der Waals surface area contributed by atoms with E-state index in [2.05, 4.69) is 34.3 Å². The van der Waals surface area contributed by atoms with Crippen LogP contribution >= 0.6 is 11.8 Å². The molecular weight excluding hydrogens is 296 g/mol. The van der Waals surface area contributed by atoms with Crippen LogP contribution in [0.3, 0.4) is 0 Å². The van der Waals surface area contributed by atoms with Crippen molar-refractivity contribution in [3.05, 3.63) is 42.7 Å². The number of piperazine rings is 1. The largest absolute Gasteiger partial charge is 0.368 e. The lowest BCUT2D eigenvalue weighted by molar-refractivity contribution is -0.128. The fourth-order valence-corrected chi connectivity index (χ4v) is 3.38. The number of rotatable bonds is 4. The number of hydrogen-bond donors (Lipinski definition) is 0. The van der Waals surface area contributed by atoms with E-state index in [1.165, 1.54) is 5.69 Å². The monoisotopic (exact) mass is 316 g/mol. The maximum atomic E-state index is 12.3. The quantitative estimate of drug-likeness (QED) is 0.808. The summed E-state index contributed by atoms with van der Waals surface area (Å²) in [7, 11) is 1.88. The number of benzene rings is 1. The zero-order chi connectivity index (χ0) is 15.4. The Kier molecular flexibility index (Phi) is 4.68. The lowest BCUT2D eigenvalue weighted by atomic mass is 10.2. The lowest BCUT2D eigenvalue weighted by Gasteiger charge is -2.36. The van der Waals surface area contributed by atoms with Gasteiger partial charge in [-0.3, -0.25) is 9.48 Å². The Morgan fingerprint density at radius 2 is 1.91 bits per heavy atom. The molecule has 2 heterocycles. The molecule has 116 valence electrons. The van der Waals surface area contributed by atoms with E-state index in [9.17, 15) is 4.79 Å². The van der Waals surface area contributed by atoms with Crippen LogP contribution in [0.4, 0.5) is 5.69 Å². The highest BCUT2D eigenvalue weighted by atomic mass is 32.2. The van der Waals surface area contributed by atoms with E-state index in [0.717, 1.165) is 31.1 Å². The summed E-state index contributed by atoms with van der Waals surface area (Å²) in [5.41, 5.74) is 1.24. The summed E-state index contributed by atoms with van der Waals surface area (Å²) in [6.45, 7) is 3.38. The van der Waals surface area contributed by atoms with Gasteiger partial charge in [-0.25, -0.2) is 0 Å². The summed E-state index contributed by atoms with van der Waals surface area (Å²) in [5, 5.41) is 4.11. The molecule has 1 aliphatic heterocycles. The minimum absolute atomic E-state index is 0.210. The Labute approximate surface area is 134 Å². The van der Waals surface area contributed by atoms with Gasteiger partial charge in [-0.2, -0.15) is 5.10 Å². The van der Waals surface area contributed by atoms with Crippen LogP contribution in [0.25, 0.3) is 0 Å². The number of aromatic nitrogens is 2. The second-order valence-electron chi connectivity index (χ2n) is 5.34. The number of carbonyl (C=O) groups is 1. The van der Waals surface area contributed by atoms with E-state index in [-0.39, 0.29) is 5.91 Å². The van der Waals surface area contributed by atoms with Crippen molar-refractivity contribution in [3.63, 3.8) is 0 Å². The lowest BCUT2D eigenvalue weighted by Crippen LogP contribution is -2.49. The molecule has 0 bridgehead atoms. The predicted molar refractivity (Wildman–Crippen MR) is 89.2 cm³/mol. The summed E-state index contributed by atoms with van der Waals surface area (Å²) in [6, 6.07) is 10.4. The van der Waals surface area contributed by atoms with Crippen molar-refractivity contribution in [1.82, 2.24) is 14.7 Å². The number of aryl methyl sites for hydroxylation is 1. The van der Waals surface area contributed by atoms with E-state index in [4.69, 9.17) is 0 Å². The van der Waals surface area contributed by atoms with Gasteiger partial charge < -0.3 is 9.80 Å². The average Bonchev–Trinajstić information content (AvgIpc) is 2.99. The van der Waals surface area contributed by atoms with Crippen LogP contribution in [0.1, 0.15) is 0 Å². The summed E-state index contributed by atoms with van der Waals surface area (Å²) in [4.78, 5) is 17.6. The molecule has 1 aromatic heterocycles. The SMILES string of the molecule is Cn1cc(SCC(=O)N2CCN(c3ccccc3)CC2)cn1. The number of nitrogens with zero attached hydrogens (tertiary/aromatic N) is 4. The van der Waals surface area contributed by atoms with E-state index in [0.29, 0.717) is 5.75 Å². The average molecular weight is 316 g/mol. The molecule has 1 fully saturated rings. The smallest absolute Gasteiger partial charge is 0.233 e. The Hall–Kier alpha value is -1.95. The van der Waals surface area contributed by atoms with Crippen molar-refractivity contribution in [1.29, 1.82) is 0 Å². The second-order valence-corrected chi connectivity index (χ2v) is 6.39. The number of hydrogen-bond acceptors (Lipinski definition) is 4. The molecule has 1 aliphatic rings. The highest BCUT2D eigenvalue weighted by molar-refractivity contribution is 8.00. The Bertz CT molecular complexity index is 620. The maximum absolute atomic E-state index is 12.3. The molecule has 1 amide bonds. The highest BCUT2D eigenvalue weighted by Gasteiger charge is 2.21. The van der Waals surface area contributed by atoms with Gasteiger partial charge in [0.25, 0.3) is 0 Å². The van der Waals surface area contributed by atoms with Crippen molar-refractivity contribution in [2.24, 2.45) is 7.05 Å². The molecule has 5 nitrogen and oxygen atoms in total. The number of para-hydroxylation sites is 1. The van der Waals surface area contributed by atoms with Crippen molar-refractivity contribution >= 4 is 23.4 Å². The molecule has 6 heteroatoms. The molecule has 0 radical (unpaired) electrons.